The molecular weight excluding hydrogens is 150 g/mol. The Morgan fingerprint density at radius 3 is 3.25 bits per heavy atom. The van der Waals surface area contributed by atoms with Crippen molar-refractivity contribution in [3.05, 3.63) is 24.8 Å². The molecule has 0 saturated heterocycles. The van der Waals surface area contributed by atoms with E-state index in [2.05, 4.69) is 20.9 Å². The smallest absolute Gasteiger partial charge is 0.177 e. The standard InChI is InChI=1S/C9H8N3/c1-2-7(1)12-6-11-8-5-10-4-3-9(8)12/h3-5,7H,1-2H2. The Kier molecular flexibility index (Phi) is 1.06. The average Bonchev–Trinajstić information content (AvgIpc) is 2.86. The van der Waals surface area contributed by atoms with Gasteiger partial charge in [-0.3, -0.25) is 4.98 Å². The number of hydrogen-bond donors (Lipinski definition) is 0. The number of aromatic nitrogens is 3. The third-order valence-corrected chi connectivity index (χ3v) is 2.23. The van der Waals surface area contributed by atoms with Crippen LogP contribution in [-0.2, 0) is 0 Å². The molecule has 1 aliphatic rings. The number of nitrogens with zero attached hydrogens (tertiary/aromatic N) is 3. The van der Waals surface area contributed by atoms with Gasteiger partial charge in [-0.2, -0.15) is 0 Å². The Morgan fingerprint density at radius 1 is 1.50 bits per heavy atom. The summed E-state index contributed by atoms with van der Waals surface area (Å²) in [4.78, 5) is 8.17. The van der Waals surface area contributed by atoms with E-state index in [4.69, 9.17) is 0 Å². The van der Waals surface area contributed by atoms with Crippen LogP contribution in [0.25, 0.3) is 11.0 Å². The minimum Gasteiger partial charge on any atom is -0.318 e. The third-order valence-electron chi connectivity index (χ3n) is 2.23. The summed E-state index contributed by atoms with van der Waals surface area (Å²) in [5.74, 6) is 0. The molecule has 1 fully saturated rings. The number of pyridine rings is 1. The topological polar surface area (TPSA) is 30.7 Å². The van der Waals surface area contributed by atoms with Gasteiger partial charge in [0.05, 0.1) is 11.7 Å². The highest BCUT2D eigenvalue weighted by Crippen LogP contribution is 2.36. The van der Waals surface area contributed by atoms with Crippen molar-refractivity contribution < 1.29 is 0 Å². The maximum Gasteiger partial charge on any atom is 0.177 e. The van der Waals surface area contributed by atoms with E-state index in [9.17, 15) is 0 Å². The molecule has 0 amide bonds. The fourth-order valence-electron chi connectivity index (χ4n) is 1.44. The molecule has 12 heavy (non-hydrogen) atoms. The second-order valence-electron chi connectivity index (χ2n) is 3.18. The molecule has 59 valence electrons. The molecule has 3 rings (SSSR count). The Hall–Kier alpha value is -1.38. The molecule has 2 aromatic heterocycles. The van der Waals surface area contributed by atoms with Crippen molar-refractivity contribution in [2.45, 2.75) is 18.9 Å². The number of hydrogen-bond acceptors (Lipinski definition) is 2. The molecule has 0 bridgehead atoms. The summed E-state index contributed by atoms with van der Waals surface area (Å²) in [5, 5.41) is 0. The van der Waals surface area contributed by atoms with E-state index < -0.39 is 0 Å². The van der Waals surface area contributed by atoms with Crippen molar-refractivity contribution in [2.75, 3.05) is 0 Å². The molecule has 1 aliphatic carbocycles. The van der Waals surface area contributed by atoms with Gasteiger partial charge in [0.25, 0.3) is 0 Å². The van der Waals surface area contributed by atoms with Crippen LogP contribution in [0.1, 0.15) is 18.9 Å². The summed E-state index contributed by atoms with van der Waals surface area (Å²) < 4.78 is 2.12. The van der Waals surface area contributed by atoms with Crippen LogP contribution < -0.4 is 0 Å². The number of rotatable bonds is 1. The lowest BCUT2D eigenvalue weighted by molar-refractivity contribution is 0.758. The molecular formula is C9H8N3. The van der Waals surface area contributed by atoms with Crippen LogP contribution in [0.5, 0.6) is 0 Å². The lowest BCUT2D eigenvalue weighted by Crippen LogP contribution is -1.90. The lowest BCUT2D eigenvalue weighted by atomic mass is 10.4. The van der Waals surface area contributed by atoms with Gasteiger partial charge < -0.3 is 4.57 Å². The highest BCUT2D eigenvalue weighted by molar-refractivity contribution is 5.73. The molecule has 3 nitrogen and oxygen atoms in total. The fraction of sp³-hybridized carbons (Fsp3) is 0.333. The van der Waals surface area contributed by atoms with E-state index in [1.54, 1.807) is 12.4 Å². The summed E-state index contributed by atoms with van der Waals surface area (Å²) in [6.07, 6.45) is 9.12. The van der Waals surface area contributed by atoms with Crippen LogP contribution in [0.15, 0.2) is 18.5 Å². The second kappa shape index (κ2) is 2.06. The van der Waals surface area contributed by atoms with Crippen molar-refractivity contribution in [3.8, 4) is 0 Å². The minimum atomic E-state index is 0.650. The van der Waals surface area contributed by atoms with Crippen molar-refractivity contribution >= 4 is 11.0 Å². The Morgan fingerprint density at radius 2 is 2.42 bits per heavy atom. The van der Waals surface area contributed by atoms with Gasteiger partial charge in [-0.05, 0) is 18.9 Å². The molecule has 0 unspecified atom stereocenters. The van der Waals surface area contributed by atoms with E-state index >= 15 is 0 Å². The van der Waals surface area contributed by atoms with Crippen molar-refractivity contribution in [1.29, 1.82) is 0 Å². The third kappa shape index (κ3) is 0.763. The van der Waals surface area contributed by atoms with Gasteiger partial charge in [-0.1, -0.05) is 0 Å². The predicted octanol–water partition coefficient (Wildman–Crippen LogP) is 1.57. The minimum absolute atomic E-state index is 0.650. The summed E-state index contributed by atoms with van der Waals surface area (Å²) in [6.45, 7) is 0. The van der Waals surface area contributed by atoms with Crippen LogP contribution in [0.2, 0.25) is 0 Å². The Labute approximate surface area is 70.1 Å². The first kappa shape index (κ1) is 6.17. The zero-order valence-corrected chi connectivity index (χ0v) is 6.57. The normalized spacial score (nSPS) is 17.0. The van der Waals surface area contributed by atoms with Gasteiger partial charge in [-0.15, -0.1) is 0 Å². The number of fused-ring (bicyclic) bond motifs is 1. The van der Waals surface area contributed by atoms with E-state index in [1.165, 1.54) is 12.8 Å². The van der Waals surface area contributed by atoms with Gasteiger partial charge in [-0.25, -0.2) is 4.98 Å². The predicted molar refractivity (Wildman–Crippen MR) is 44.6 cm³/mol. The summed E-state index contributed by atoms with van der Waals surface area (Å²) >= 11 is 0. The van der Waals surface area contributed by atoms with Crippen LogP contribution in [0, 0.1) is 6.33 Å². The van der Waals surface area contributed by atoms with E-state index in [0.29, 0.717) is 6.04 Å². The van der Waals surface area contributed by atoms with Gasteiger partial charge >= 0.3 is 0 Å². The van der Waals surface area contributed by atoms with Crippen molar-refractivity contribution in [3.63, 3.8) is 0 Å². The van der Waals surface area contributed by atoms with Crippen LogP contribution in [-0.4, -0.2) is 14.5 Å². The van der Waals surface area contributed by atoms with E-state index in [-0.39, 0.29) is 0 Å². The molecule has 0 aromatic carbocycles. The summed E-state index contributed by atoms with van der Waals surface area (Å²) in [5.41, 5.74) is 2.11. The van der Waals surface area contributed by atoms with E-state index in [1.807, 2.05) is 6.07 Å². The van der Waals surface area contributed by atoms with E-state index in [0.717, 1.165) is 11.0 Å². The Balaban J connectivity index is 2.30. The van der Waals surface area contributed by atoms with Crippen molar-refractivity contribution in [2.24, 2.45) is 0 Å². The maximum absolute atomic E-state index is 4.16. The average molecular weight is 158 g/mol. The quantitative estimate of drug-likeness (QED) is 0.630. The van der Waals surface area contributed by atoms with Gasteiger partial charge in [0.1, 0.15) is 5.52 Å². The molecule has 0 spiro atoms. The molecule has 2 aromatic rings. The van der Waals surface area contributed by atoms with Crippen LogP contribution >= 0.6 is 0 Å². The van der Waals surface area contributed by atoms with Crippen LogP contribution in [0.3, 0.4) is 0 Å². The molecule has 2 heterocycles. The molecule has 3 heteroatoms. The van der Waals surface area contributed by atoms with Crippen molar-refractivity contribution in [1.82, 2.24) is 14.5 Å². The summed E-state index contributed by atoms with van der Waals surface area (Å²) in [7, 11) is 0. The maximum atomic E-state index is 4.16. The zero-order valence-electron chi connectivity index (χ0n) is 6.57. The first-order valence-electron chi connectivity index (χ1n) is 4.15. The van der Waals surface area contributed by atoms with Crippen LogP contribution in [0.4, 0.5) is 0 Å². The van der Waals surface area contributed by atoms with Gasteiger partial charge in [0, 0.05) is 12.2 Å². The molecule has 0 N–H and O–H groups in total. The second-order valence-corrected chi connectivity index (χ2v) is 3.18. The molecule has 0 aliphatic heterocycles. The SMILES string of the molecule is [c]1nc2cnccc2n1C1CC1. The summed E-state index contributed by atoms with van der Waals surface area (Å²) in [6, 6.07) is 2.65. The largest absolute Gasteiger partial charge is 0.318 e. The highest BCUT2D eigenvalue weighted by atomic mass is 15.1. The first-order chi connectivity index (χ1) is 5.95. The zero-order chi connectivity index (χ0) is 7.97. The van der Waals surface area contributed by atoms with Gasteiger partial charge in [0.2, 0.25) is 0 Å². The molecule has 1 saturated carbocycles. The fourth-order valence-corrected chi connectivity index (χ4v) is 1.44. The number of imidazole rings is 1. The lowest BCUT2D eigenvalue weighted by Gasteiger charge is -1.97. The molecule has 0 atom stereocenters. The monoisotopic (exact) mass is 158 g/mol. The van der Waals surface area contributed by atoms with Gasteiger partial charge in [0.15, 0.2) is 6.33 Å². The first-order valence-corrected chi connectivity index (χ1v) is 4.15. The highest BCUT2D eigenvalue weighted by Gasteiger charge is 2.24. The Bertz CT molecular complexity index is 414. The molecule has 1 radical (unpaired) electrons.